The number of carboxylic acids is 1. The zero-order valence-electron chi connectivity index (χ0n) is 11.7. The van der Waals surface area contributed by atoms with Gasteiger partial charge in [0.2, 0.25) is 0 Å². The van der Waals surface area contributed by atoms with Crippen molar-refractivity contribution >= 4 is 11.7 Å². The van der Waals surface area contributed by atoms with E-state index < -0.39 is 5.97 Å². The highest BCUT2D eigenvalue weighted by molar-refractivity contribution is 5.87. The van der Waals surface area contributed by atoms with Crippen LogP contribution in [0.2, 0.25) is 0 Å². The molecule has 5 nitrogen and oxygen atoms in total. The average Bonchev–Trinajstić information content (AvgIpc) is 2.52. The molecule has 0 spiro atoms. The van der Waals surface area contributed by atoms with Crippen molar-refractivity contribution in [2.45, 2.75) is 0 Å². The third-order valence-corrected chi connectivity index (χ3v) is 2.89. The number of nitrogens with one attached hydrogen (secondary N) is 1. The number of rotatable bonds is 7. The third kappa shape index (κ3) is 4.14. The third-order valence-electron chi connectivity index (χ3n) is 2.89. The van der Waals surface area contributed by atoms with E-state index in [9.17, 15) is 4.79 Å². The van der Waals surface area contributed by atoms with Gasteiger partial charge < -0.3 is 19.9 Å². The zero-order valence-corrected chi connectivity index (χ0v) is 11.7. The Hall–Kier alpha value is -2.69. The molecule has 0 heterocycles. The second-order valence-electron chi connectivity index (χ2n) is 4.31. The Morgan fingerprint density at radius 2 is 1.86 bits per heavy atom. The van der Waals surface area contributed by atoms with Gasteiger partial charge in [-0.3, -0.25) is 0 Å². The molecule has 21 heavy (non-hydrogen) atoms. The number of benzene rings is 2. The van der Waals surface area contributed by atoms with Gasteiger partial charge in [0.25, 0.3) is 0 Å². The molecule has 0 radical (unpaired) electrons. The van der Waals surface area contributed by atoms with E-state index in [0.717, 1.165) is 11.4 Å². The van der Waals surface area contributed by atoms with Crippen molar-refractivity contribution in [2.75, 3.05) is 25.6 Å². The molecule has 0 fully saturated rings. The first-order chi connectivity index (χ1) is 10.2. The monoisotopic (exact) mass is 287 g/mol. The zero-order chi connectivity index (χ0) is 15.1. The molecular weight excluding hydrogens is 270 g/mol. The molecule has 2 aromatic rings. The molecule has 0 bridgehead atoms. The highest BCUT2D eigenvalue weighted by atomic mass is 16.5. The molecule has 5 heteroatoms. The molecule has 0 unspecified atom stereocenters. The van der Waals surface area contributed by atoms with Crippen LogP contribution in [0.1, 0.15) is 10.4 Å². The Morgan fingerprint density at radius 1 is 1.14 bits per heavy atom. The summed E-state index contributed by atoms with van der Waals surface area (Å²) in [4.78, 5) is 10.7. The smallest absolute Gasteiger partial charge is 0.335 e. The van der Waals surface area contributed by atoms with Gasteiger partial charge in [-0.1, -0.05) is 12.1 Å². The summed E-state index contributed by atoms with van der Waals surface area (Å²) in [6, 6.07) is 14.0. The molecule has 0 aliphatic carbocycles. The molecule has 0 aromatic heterocycles. The van der Waals surface area contributed by atoms with Gasteiger partial charge >= 0.3 is 5.97 Å². The van der Waals surface area contributed by atoms with Crippen LogP contribution >= 0.6 is 0 Å². The Labute approximate surface area is 123 Å². The number of carboxylic acid groups (broad SMARTS) is 1. The van der Waals surface area contributed by atoms with Crippen molar-refractivity contribution in [1.29, 1.82) is 0 Å². The van der Waals surface area contributed by atoms with Crippen LogP contribution in [0.5, 0.6) is 11.5 Å². The number of anilines is 1. The van der Waals surface area contributed by atoms with Gasteiger partial charge in [0.05, 0.1) is 18.4 Å². The molecule has 2 N–H and O–H groups in total. The molecule has 0 aliphatic heterocycles. The first-order valence-electron chi connectivity index (χ1n) is 6.54. The number of methoxy groups -OCH3 is 1. The van der Waals surface area contributed by atoms with Crippen molar-refractivity contribution in [3.8, 4) is 11.5 Å². The number of hydrogen-bond donors (Lipinski definition) is 2. The Kier molecular flexibility index (Phi) is 5.04. The standard InChI is InChI=1S/C16H17NO4/c1-20-15-5-3-2-4-14(15)17-10-11-21-13-8-6-12(7-9-13)16(18)19/h2-9,17H,10-11H2,1H3,(H,18,19). The summed E-state index contributed by atoms with van der Waals surface area (Å²) < 4.78 is 10.8. The van der Waals surface area contributed by atoms with Crippen molar-refractivity contribution in [3.05, 3.63) is 54.1 Å². The van der Waals surface area contributed by atoms with Crippen molar-refractivity contribution < 1.29 is 19.4 Å². The highest BCUT2D eigenvalue weighted by Crippen LogP contribution is 2.22. The fourth-order valence-electron chi connectivity index (χ4n) is 1.84. The van der Waals surface area contributed by atoms with E-state index in [4.69, 9.17) is 14.6 Å². The topological polar surface area (TPSA) is 67.8 Å². The van der Waals surface area contributed by atoms with Gasteiger partial charge in [-0.25, -0.2) is 4.79 Å². The van der Waals surface area contributed by atoms with Gasteiger partial charge in [0.1, 0.15) is 18.1 Å². The van der Waals surface area contributed by atoms with E-state index in [2.05, 4.69) is 5.32 Å². The normalized spacial score (nSPS) is 9.95. The summed E-state index contributed by atoms with van der Waals surface area (Å²) in [6.07, 6.45) is 0. The maximum atomic E-state index is 10.7. The molecule has 0 atom stereocenters. The predicted octanol–water partition coefficient (Wildman–Crippen LogP) is 2.88. The lowest BCUT2D eigenvalue weighted by Crippen LogP contribution is -2.12. The molecule has 0 amide bonds. The van der Waals surface area contributed by atoms with E-state index in [0.29, 0.717) is 18.9 Å². The molecule has 2 rings (SSSR count). The van der Waals surface area contributed by atoms with Crippen molar-refractivity contribution in [2.24, 2.45) is 0 Å². The van der Waals surface area contributed by atoms with E-state index in [-0.39, 0.29) is 5.56 Å². The second kappa shape index (κ2) is 7.19. The van der Waals surface area contributed by atoms with Gasteiger partial charge in [-0.15, -0.1) is 0 Å². The van der Waals surface area contributed by atoms with Gasteiger partial charge in [-0.05, 0) is 36.4 Å². The van der Waals surface area contributed by atoms with Crippen molar-refractivity contribution in [3.63, 3.8) is 0 Å². The number of carbonyl (C=O) groups is 1. The van der Waals surface area contributed by atoms with Gasteiger partial charge in [0.15, 0.2) is 0 Å². The largest absolute Gasteiger partial charge is 0.495 e. The fourth-order valence-corrected chi connectivity index (χ4v) is 1.84. The summed E-state index contributed by atoms with van der Waals surface area (Å²) in [6.45, 7) is 1.07. The molecule has 0 aliphatic rings. The maximum Gasteiger partial charge on any atom is 0.335 e. The number of ether oxygens (including phenoxy) is 2. The predicted molar refractivity (Wildman–Crippen MR) is 80.4 cm³/mol. The Morgan fingerprint density at radius 3 is 2.52 bits per heavy atom. The second-order valence-corrected chi connectivity index (χ2v) is 4.31. The molecule has 110 valence electrons. The maximum absolute atomic E-state index is 10.7. The lowest BCUT2D eigenvalue weighted by molar-refractivity contribution is 0.0697. The minimum absolute atomic E-state index is 0.245. The van der Waals surface area contributed by atoms with E-state index in [1.807, 2.05) is 24.3 Å². The van der Waals surface area contributed by atoms with Crippen LogP contribution in [0.4, 0.5) is 5.69 Å². The van der Waals surface area contributed by atoms with E-state index in [1.165, 1.54) is 12.1 Å². The SMILES string of the molecule is COc1ccccc1NCCOc1ccc(C(=O)O)cc1. The summed E-state index contributed by atoms with van der Waals surface area (Å²) in [5.41, 5.74) is 1.15. The number of para-hydroxylation sites is 2. The number of hydrogen-bond acceptors (Lipinski definition) is 4. The summed E-state index contributed by atoms with van der Waals surface area (Å²) in [7, 11) is 1.63. The molecule has 0 saturated carbocycles. The average molecular weight is 287 g/mol. The summed E-state index contributed by atoms with van der Waals surface area (Å²) in [5.74, 6) is 0.476. The highest BCUT2D eigenvalue weighted by Gasteiger charge is 2.03. The minimum atomic E-state index is -0.945. The lowest BCUT2D eigenvalue weighted by atomic mass is 10.2. The minimum Gasteiger partial charge on any atom is -0.495 e. The van der Waals surface area contributed by atoms with Crippen LogP contribution in [0, 0.1) is 0 Å². The van der Waals surface area contributed by atoms with Gasteiger partial charge in [-0.2, -0.15) is 0 Å². The first-order valence-corrected chi connectivity index (χ1v) is 6.54. The van der Waals surface area contributed by atoms with Crippen LogP contribution in [0.3, 0.4) is 0 Å². The van der Waals surface area contributed by atoms with Crippen molar-refractivity contribution in [1.82, 2.24) is 0 Å². The lowest BCUT2D eigenvalue weighted by Gasteiger charge is -2.11. The molecule has 0 saturated heterocycles. The van der Waals surface area contributed by atoms with Crippen LogP contribution < -0.4 is 14.8 Å². The van der Waals surface area contributed by atoms with Crippen LogP contribution in [-0.4, -0.2) is 31.3 Å². The van der Waals surface area contributed by atoms with Crippen LogP contribution in [0.15, 0.2) is 48.5 Å². The summed E-state index contributed by atoms with van der Waals surface area (Å²) >= 11 is 0. The molecule has 2 aromatic carbocycles. The Bertz CT molecular complexity index is 595. The fraction of sp³-hybridized carbons (Fsp3) is 0.188. The van der Waals surface area contributed by atoms with E-state index >= 15 is 0 Å². The van der Waals surface area contributed by atoms with E-state index in [1.54, 1.807) is 19.2 Å². The Balaban J connectivity index is 1.80. The number of aromatic carboxylic acids is 1. The van der Waals surface area contributed by atoms with Crippen LogP contribution in [0.25, 0.3) is 0 Å². The summed E-state index contributed by atoms with van der Waals surface area (Å²) in [5, 5.41) is 12.0. The van der Waals surface area contributed by atoms with Gasteiger partial charge in [0, 0.05) is 6.54 Å². The molecular formula is C16H17NO4. The van der Waals surface area contributed by atoms with Crippen LogP contribution in [-0.2, 0) is 0 Å². The first kappa shape index (κ1) is 14.7. The quantitative estimate of drug-likeness (QED) is 0.766.